The number of fused-ring (bicyclic) bond motifs is 1. The Bertz CT molecular complexity index is 834. The second-order valence-corrected chi connectivity index (χ2v) is 6.22. The van der Waals surface area contributed by atoms with E-state index in [0.717, 1.165) is 32.5 Å². The fraction of sp³-hybridized carbons (Fsp3) is 0.267. The number of rotatable bonds is 4. The van der Waals surface area contributed by atoms with E-state index in [9.17, 15) is 0 Å². The van der Waals surface area contributed by atoms with Crippen molar-refractivity contribution in [2.45, 2.75) is 24.8 Å². The highest BCUT2D eigenvalue weighted by Gasteiger charge is 2.10. The van der Waals surface area contributed by atoms with Gasteiger partial charge >= 0.3 is 0 Å². The Morgan fingerprint density at radius 3 is 2.86 bits per heavy atom. The van der Waals surface area contributed by atoms with Gasteiger partial charge in [0.05, 0.1) is 18.3 Å². The number of H-pyrrole nitrogens is 1. The molecule has 3 rings (SSSR count). The Morgan fingerprint density at radius 2 is 2.09 bits per heavy atom. The minimum atomic E-state index is 0.554. The zero-order valence-electron chi connectivity index (χ0n) is 12.5. The number of hydrogen-bond acceptors (Lipinski definition) is 5. The molecule has 0 bridgehead atoms. The van der Waals surface area contributed by atoms with E-state index in [0.29, 0.717) is 17.3 Å². The molecule has 0 aliphatic carbocycles. The Hall–Kier alpha value is -1.79. The number of aromatic nitrogens is 4. The van der Waals surface area contributed by atoms with Crippen LogP contribution in [-0.4, -0.2) is 27.0 Å². The van der Waals surface area contributed by atoms with Crippen LogP contribution >= 0.6 is 23.4 Å². The summed E-state index contributed by atoms with van der Waals surface area (Å²) >= 11 is 7.84. The zero-order valence-corrected chi connectivity index (χ0v) is 14.0. The first-order chi connectivity index (χ1) is 10.6. The molecule has 0 saturated heterocycles. The molecule has 7 heteroatoms. The maximum absolute atomic E-state index is 6.27. The molecule has 0 amide bonds. The standard InChI is InChI=1S/C15H15ClN4OS/c1-8-6-17-11(9(2)13(8)16)7-22-15-18-10-4-5-12(21-3)19-14(10)20-15/h4-6H,7H2,1-3H3,(H,18,19,20). The molecule has 22 heavy (non-hydrogen) atoms. The average molecular weight is 335 g/mol. The number of thioether (sulfide) groups is 1. The summed E-state index contributed by atoms with van der Waals surface area (Å²) in [6, 6.07) is 3.71. The minimum Gasteiger partial charge on any atom is -0.481 e. The van der Waals surface area contributed by atoms with E-state index in [2.05, 4.69) is 19.9 Å². The lowest BCUT2D eigenvalue weighted by Crippen LogP contribution is -1.95. The molecule has 3 heterocycles. The van der Waals surface area contributed by atoms with Crippen molar-refractivity contribution in [3.8, 4) is 5.88 Å². The third-order valence-corrected chi connectivity index (χ3v) is 4.84. The van der Waals surface area contributed by atoms with E-state index in [1.807, 2.05) is 19.9 Å². The summed E-state index contributed by atoms with van der Waals surface area (Å²) in [5.41, 5.74) is 4.51. The zero-order chi connectivity index (χ0) is 15.7. The van der Waals surface area contributed by atoms with E-state index < -0.39 is 0 Å². The van der Waals surface area contributed by atoms with Crippen LogP contribution in [0.1, 0.15) is 16.8 Å². The number of hydrogen-bond donors (Lipinski definition) is 1. The number of imidazole rings is 1. The number of aromatic amines is 1. The van der Waals surface area contributed by atoms with E-state index >= 15 is 0 Å². The lowest BCUT2D eigenvalue weighted by Gasteiger charge is -2.07. The van der Waals surface area contributed by atoms with Gasteiger partial charge in [-0.15, -0.1) is 0 Å². The largest absolute Gasteiger partial charge is 0.481 e. The van der Waals surface area contributed by atoms with Gasteiger partial charge in [-0.05, 0) is 31.0 Å². The number of aryl methyl sites for hydroxylation is 1. The van der Waals surface area contributed by atoms with Crippen LogP contribution in [0.2, 0.25) is 5.02 Å². The predicted molar refractivity (Wildman–Crippen MR) is 88.7 cm³/mol. The summed E-state index contributed by atoms with van der Waals surface area (Å²) < 4.78 is 5.10. The number of methoxy groups -OCH3 is 1. The Balaban J connectivity index is 1.80. The van der Waals surface area contributed by atoms with Crippen LogP contribution in [0.15, 0.2) is 23.5 Å². The molecule has 0 unspecified atom stereocenters. The van der Waals surface area contributed by atoms with Gasteiger partial charge in [0.2, 0.25) is 5.88 Å². The highest BCUT2D eigenvalue weighted by atomic mass is 35.5. The molecule has 114 valence electrons. The number of pyridine rings is 2. The molecule has 0 aliphatic rings. The van der Waals surface area contributed by atoms with Crippen LogP contribution in [0.4, 0.5) is 0 Å². The van der Waals surface area contributed by atoms with Gasteiger partial charge in [-0.2, -0.15) is 4.98 Å². The Kier molecular flexibility index (Phi) is 4.22. The summed E-state index contributed by atoms with van der Waals surface area (Å²) in [7, 11) is 1.59. The van der Waals surface area contributed by atoms with Crippen LogP contribution in [-0.2, 0) is 5.75 Å². The van der Waals surface area contributed by atoms with E-state index in [1.54, 1.807) is 31.1 Å². The number of nitrogens with one attached hydrogen (secondary N) is 1. The van der Waals surface area contributed by atoms with Gasteiger partial charge < -0.3 is 9.72 Å². The lowest BCUT2D eigenvalue weighted by molar-refractivity contribution is 0.399. The molecule has 0 radical (unpaired) electrons. The molecule has 0 aromatic carbocycles. The van der Waals surface area contributed by atoms with Crippen molar-refractivity contribution >= 4 is 34.5 Å². The average Bonchev–Trinajstić information content (AvgIpc) is 2.93. The van der Waals surface area contributed by atoms with Crippen LogP contribution in [0.25, 0.3) is 11.2 Å². The highest BCUT2D eigenvalue weighted by molar-refractivity contribution is 7.98. The maximum Gasteiger partial charge on any atom is 0.215 e. The Labute approximate surface area is 137 Å². The molecule has 5 nitrogen and oxygen atoms in total. The fourth-order valence-corrected chi connectivity index (χ4v) is 3.12. The van der Waals surface area contributed by atoms with Gasteiger partial charge in [-0.25, -0.2) is 4.98 Å². The maximum atomic E-state index is 6.27. The number of nitrogens with zero attached hydrogens (tertiary/aromatic N) is 3. The van der Waals surface area contributed by atoms with Crippen LogP contribution < -0.4 is 4.74 Å². The summed E-state index contributed by atoms with van der Waals surface area (Å²) in [5, 5.41) is 1.58. The van der Waals surface area contributed by atoms with Crippen LogP contribution in [0.5, 0.6) is 5.88 Å². The van der Waals surface area contributed by atoms with E-state index in [-0.39, 0.29) is 0 Å². The van der Waals surface area contributed by atoms with Crippen molar-refractivity contribution in [2.24, 2.45) is 0 Å². The van der Waals surface area contributed by atoms with Gasteiger partial charge in [0.1, 0.15) is 0 Å². The lowest BCUT2D eigenvalue weighted by atomic mass is 10.2. The van der Waals surface area contributed by atoms with Crippen molar-refractivity contribution in [1.29, 1.82) is 0 Å². The van der Waals surface area contributed by atoms with Gasteiger partial charge in [0.15, 0.2) is 10.8 Å². The summed E-state index contributed by atoms with van der Waals surface area (Å²) in [6.45, 7) is 3.95. The molecule has 3 aromatic rings. The minimum absolute atomic E-state index is 0.554. The van der Waals surface area contributed by atoms with Crippen molar-refractivity contribution in [2.75, 3.05) is 7.11 Å². The number of ether oxygens (including phenoxy) is 1. The molecule has 0 atom stereocenters. The topological polar surface area (TPSA) is 63.7 Å². The molecule has 0 saturated carbocycles. The summed E-state index contributed by atoms with van der Waals surface area (Å²) in [5.74, 6) is 1.25. The van der Waals surface area contributed by atoms with Crippen molar-refractivity contribution in [1.82, 2.24) is 19.9 Å². The predicted octanol–water partition coefficient (Wildman–Crippen LogP) is 3.92. The molecule has 3 aromatic heterocycles. The van der Waals surface area contributed by atoms with Gasteiger partial charge in [0.25, 0.3) is 0 Å². The normalized spacial score (nSPS) is 11.1. The first-order valence-corrected chi connectivity index (χ1v) is 8.09. The van der Waals surface area contributed by atoms with Gasteiger partial charge in [-0.3, -0.25) is 4.98 Å². The first kappa shape index (κ1) is 15.1. The van der Waals surface area contributed by atoms with E-state index in [1.165, 1.54) is 0 Å². The quantitative estimate of drug-likeness (QED) is 0.732. The monoisotopic (exact) mass is 334 g/mol. The molecular formula is C15H15ClN4OS. The number of halogens is 1. The smallest absolute Gasteiger partial charge is 0.215 e. The molecule has 0 spiro atoms. The third-order valence-electron chi connectivity index (χ3n) is 3.38. The van der Waals surface area contributed by atoms with Crippen molar-refractivity contribution in [3.63, 3.8) is 0 Å². The van der Waals surface area contributed by atoms with Crippen molar-refractivity contribution in [3.05, 3.63) is 40.2 Å². The highest BCUT2D eigenvalue weighted by Crippen LogP contribution is 2.27. The Morgan fingerprint density at radius 1 is 1.27 bits per heavy atom. The molecule has 0 fully saturated rings. The fourth-order valence-electron chi connectivity index (χ4n) is 2.07. The SMILES string of the molecule is COc1ccc2[nH]c(SCc3ncc(C)c(Cl)c3C)nc2n1. The molecule has 1 N–H and O–H groups in total. The van der Waals surface area contributed by atoms with Crippen LogP contribution in [0, 0.1) is 13.8 Å². The second kappa shape index (κ2) is 6.14. The second-order valence-electron chi connectivity index (χ2n) is 4.88. The van der Waals surface area contributed by atoms with Crippen molar-refractivity contribution < 1.29 is 4.74 Å². The molecular weight excluding hydrogens is 320 g/mol. The van der Waals surface area contributed by atoms with E-state index in [4.69, 9.17) is 16.3 Å². The molecule has 0 aliphatic heterocycles. The third kappa shape index (κ3) is 2.89. The van der Waals surface area contributed by atoms with Gasteiger partial charge in [-0.1, -0.05) is 23.4 Å². The summed E-state index contributed by atoms with van der Waals surface area (Å²) in [6.07, 6.45) is 1.80. The first-order valence-electron chi connectivity index (χ1n) is 6.72. The van der Waals surface area contributed by atoms with Gasteiger partial charge in [0, 0.05) is 23.0 Å². The summed E-state index contributed by atoms with van der Waals surface area (Å²) in [4.78, 5) is 16.4. The van der Waals surface area contributed by atoms with Crippen LogP contribution in [0.3, 0.4) is 0 Å².